The number of carbonyl (C=O) groups is 2. The van der Waals surface area contributed by atoms with Gasteiger partial charge in [-0.1, -0.05) is 18.2 Å². The number of amides is 1. The van der Waals surface area contributed by atoms with Crippen molar-refractivity contribution in [3.05, 3.63) is 48.5 Å². The molecule has 3 rings (SSSR count). The highest BCUT2D eigenvalue weighted by Gasteiger charge is 2.09. The molecule has 0 radical (unpaired) electrons. The SMILES string of the molecule is O=C([O-])CCC(=O)Nc1ccc2nc(-c3ccccc3)oc2c1. The Morgan fingerprint density at radius 1 is 1.09 bits per heavy atom. The number of oxazole rings is 1. The second-order valence-corrected chi connectivity index (χ2v) is 4.99. The van der Waals surface area contributed by atoms with Gasteiger partial charge in [0, 0.05) is 29.7 Å². The maximum absolute atomic E-state index is 11.6. The third-order valence-electron chi connectivity index (χ3n) is 3.25. The summed E-state index contributed by atoms with van der Waals surface area (Å²) in [6.07, 6.45) is -0.444. The first kappa shape index (κ1) is 14.8. The van der Waals surface area contributed by atoms with Crippen molar-refractivity contribution in [2.24, 2.45) is 0 Å². The van der Waals surface area contributed by atoms with E-state index in [0.717, 1.165) is 5.56 Å². The van der Waals surface area contributed by atoms with E-state index in [0.29, 0.717) is 22.7 Å². The summed E-state index contributed by atoms with van der Waals surface area (Å²) in [7, 11) is 0. The molecule has 0 bridgehead atoms. The van der Waals surface area contributed by atoms with Crippen LogP contribution in [0.5, 0.6) is 0 Å². The lowest BCUT2D eigenvalue weighted by atomic mass is 10.2. The second kappa shape index (κ2) is 6.31. The average Bonchev–Trinajstić information content (AvgIpc) is 2.97. The fourth-order valence-corrected chi connectivity index (χ4v) is 2.15. The number of carboxylic acid groups (broad SMARTS) is 1. The van der Waals surface area contributed by atoms with E-state index in [4.69, 9.17) is 4.42 Å². The van der Waals surface area contributed by atoms with Gasteiger partial charge in [-0.3, -0.25) is 4.79 Å². The Morgan fingerprint density at radius 2 is 1.87 bits per heavy atom. The van der Waals surface area contributed by atoms with Crippen LogP contribution in [0.2, 0.25) is 0 Å². The number of benzene rings is 2. The highest BCUT2D eigenvalue weighted by molar-refractivity contribution is 5.94. The van der Waals surface area contributed by atoms with Gasteiger partial charge in [0.2, 0.25) is 11.8 Å². The fraction of sp³-hybridized carbons (Fsp3) is 0.118. The molecule has 23 heavy (non-hydrogen) atoms. The lowest BCUT2D eigenvalue weighted by molar-refractivity contribution is -0.305. The molecule has 1 heterocycles. The van der Waals surface area contributed by atoms with E-state index in [1.807, 2.05) is 30.3 Å². The van der Waals surface area contributed by atoms with Crippen molar-refractivity contribution >= 4 is 28.7 Å². The van der Waals surface area contributed by atoms with Gasteiger partial charge in [-0.2, -0.15) is 0 Å². The lowest BCUT2D eigenvalue weighted by Crippen LogP contribution is -2.24. The zero-order chi connectivity index (χ0) is 16.2. The standard InChI is InChI=1S/C17H14N2O4/c20-15(8-9-16(21)22)18-12-6-7-13-14(10-12)23-17(19-13)11-4-2-1-3-5-11/h1-7,10H,8-9H2,(H,18,20)(H,21,22)/p-1. The molecule has 0 unspecified atom stereocenters. The van der Waals surface area contributed by atoms with Crippen LogP contribution < -0.4 is 10.4 Å². The first-order chi connectivity index (χ1) is 11.1. The summed E-state index contributed by atoms with van der Waals surface area (Å²) in [5, 5.41) is 13.0. The summed E-state index contributed by atoms with van der Waals surface area (Å²) >= 11 is 0. The van der Waals surface area contributed by atoms with E-state index in [1.54, 1.807) is 18.2 Å². The highest BCUT2D eigenvalue weighted by Crippen LogP contribution is 2.26. The summed E-state index contributed by atoms with van der Waals surface area (Å²) < 4.78 is 5.71. The topological polar surface area (TPSA) is 95.3 Å². The maximum Gasteiger partial charge on any atom is 0.227 e. The number of rotatable bonds is 5. The van der Waals surface area contributed by atoms with E-state index in [1.165, 1.54) is 0 Å². The maximum atomic E-state index is 11.6. The number of carboxylic acids is 1. The molecule has 0 aliphatic carbocycles. The minimum Gasteiger partial charge on any atom is -0.550 e. The van der Waals surface area contributed by atoms with Gasteiger partial charge in [-0.05, 0) is 30.7 Å². The molecule has 0 fully saturated rings. The summed E-state index contributed by atoms with van der Waals surface area (Å²) in [5.41, 5.74) is 2.61. The number of carbonyl (C=O) groups excluding carboxylic acids is 2. The van der Waals surface area contributed by atoms with Crippen LogP contribution in [0, 0.1) is 0 Å². The number of hydrogen-bond donors (Lipinski definition) is 1. The van der Waals surface area contributed by atoms with Crippen LogP contribution in [0.3, 0.4) is 0 Å². The van der Waals surface area contributed by atoms with Crippen LogP contribution in [0.25, 0.3) is 22.6 Å². The van der Waals surface area contributed by atoms with Crippen molar-refractivity contribution < 1.29 is 19.1 Å². The minimum atomic E-state index is -1.25. The van der Waals surface area contributed by atoms with Gasteiger partial charge in [-0.25, -0.2) is 4.98 Å². The van der Waals surface area contributed by atoms with Crippen LogP contribution in [0.15, 0.2) is 52.9 Å². The van der Waals surface area contributed by atoms with Gasteiger partial charge in [0.25, 0.3) is 0 Å². The monoisotopic (exact) mass is 309 g/mol. The van der Waals surface area contributed by atoms with Gasteiger partial charge in [0.15, 0.2) is 5.58 Å². The Bertz CT molecular complexity index is 855. The Hall–Kier alpha value is -3.15. The molecule has 116 valence electrons. The zero-order valence-electron chi connectivity index (χ0n) is 12.1. The van der Waals surface area contributed by atoms with Crippen molar-refractivity contribution in [1.82, 2.24) is 4.98 Å². The smallest absolute Gasteiger partial charge is 0.227 e. The van der Waals surface area contributed by atoms with E-state index in [9.17, 15) is 14.7 Å². The number of fused-ring (bicyclic) bond motifs is 1. The summed E-state index contributed by atoms with van der Waals surface area (Å²) in [6, 6.07) is 14.6. The first-order valence-electron chi connectivity index (χ1n) is 7.07. The third-order valence-corrected chi connectivity index (χ3v) is 3.25. The van der Waals surface area contributed by atoms with Crippen LogP contribution in [-0.2, 0) is 9.59 Å². The van der Waals surface area contributed by atoms with Crippen molar-refractivity contribution in [2.45, 2.75) is 12.8 Å². The molecule has 6 heteroatoms. The summed E-state index contributed by atoms with van der Waals surface area (Å²) in [5.74, 6) is -1.14. The number of nitrogens with one attached hydrogen (secondary N) is 1. The van der Waals surface area contributed by atoms with Gasteiger partial charge >= 0.3 is 0 Å². The molecular weight excluding hydrogens is 296 g/mol. The molecule has 3 aromatic rings. The molecular formula is C17H13N2O4-. The number of aromatic nitrogens is 1. The van der Waals surface area contributed by atoms with Crippen molar-refractivity contribution in [3.8, 4) is 11.5 Å². The Labute approximate surface area is 131 Å². The van der Waals surface area contributed by atoms with E-state index in [-0.39, 0.29) is 12.8 Å². The molecule has 0 saturated heterocycles. The van der Waals surface area contributed by atoms with Crippen molar-refractivity contribution in [2.75, 3.05) is 5.32 Å². The predicted octanol–water partition coefficient (Wildman–Crippen LogP) is 1.96. The predicted molar refractivity (Wildman–Crippen MR) is 82.3 cm³/mol. The normalized spacial score (nSPS) is 10.6. The van der Waals surface area contributed by atoms with E-state index < -0.39 is 11.9 Å². The van der Waals surface area contributed by atoms with E-state index in [2.05, 4.69) is 10.3 Å². The van der Waals surface area contributed by atoms with Crippen LogP contribution in [-0.4, -0.2) is 16.9 Å². The van der Waals surface area contributed by atoms with Crippen molar-refractivity contribution in [1.29, 1.82) is 0 Å². The number of nitrogens with zero attached hydrogens (tertiary/aromatic N) is 1. The average molecular weight is 309 g/mol. The van der Waals surface area contributed by atoms with Gasteiger partial charge in [0.1, 0.15) is 5.52 Å². The Kier molecular flexibility index (Phi) is 4.05. The molecule has 1 N–H and O–H groups in total. The highest BCUT2D eigenvalue weighted by atomic mass is 16.4. The van der Waals surface area contributed by atoms with Crippen molar-refractivity contribution in [3.63, 3.8) is 0 Å². The third kappa shape index (κ3) is 3.55. The first-order valence-corrected chi connectivity index (χ1v) is 7.07. The number of hydrogen-bond acceptors (Lipinski definition) is 5. The summed E-state index contributed by atoms with van der Waals surface area (Å²) in [6.45, 7) is 0. The van der Waals surface area contributed by atoms with Crippen LogP contribution in [0.4, 0.5) is 5.69 Å². The molecule has 1 aromatic heterocycles. The van der Waals surface area contributed by atoms with E-state index >= 15 is 0 Å². The molecule has 0 spiro atoms. The fourth-order valence-electron chi connectivity index (χ4n) is 2.15. The Morgan fingerprint density at radius 3 is 2.61 bits per heavy atom. The molecule has 6 nitrogen and oxygen atoms in total. The van der Waals surface area contributed by atoms with Crippen LogP contribution >= 0.6 is 0 Å². The minimum absolute atomic E-state index is 0.133. The summed E-state index contributed by atoms with van der Waals surface area (Å²) in [4.78, 5) is 26.4. The molecule has 0 aliphatic rings. The number of aliphatic carboxylic acids is 1. The number of anilines is 1. The van der Waals surface area contributed by atoms with Crippen LogP contribution in [0.1, 0.15) is 12.8 Å². The van der Waals surface area contributed by atoms with Gasteiger partial charge in [-0.15, -0.1) is 0 Å². The van der Waals surface area contributed by atoms with Gasteiger partial charge < -0.3 is 19.6 Å². The quantitative estimate of drug-likeness (QED) is 0.777. The Balaban J connectivity index is 1.79. The van der Waals surface area contributed by atoms with Gasteiger partial charge in [0.05, 0.1) is 0 Å². The molecule has 0 atom stereocenters. The largest absolute Gasteiger partial charge is 0.550 e. The molecule has 0 aliphatic heterocycles. The molecule has 2 aromatic carbocycles. The zero-order valence-corrected chi connectivity index (χ0v) is 12.1. The lowest BCUT2D eigenvalue weighted by Gasteiger charge is -2.05. The second-order valence-electron chi connectivity index (χ2n) is 4.99. The molecule has 0 saturated carbocycles. The molecule has 1 amide bonds.